The molecule has 0 N–H and O–H groups in total. The molecule has 0 aliphatic heterocycles. The summed E-state index contributed by atoms with van der Waals surface area (Å²) in [6.45, 7) is -0.113. The van der Waals surface area contributed by atoms with Crippen molar-refractivity contribution >= 4 is 28.9 Å². The Balaban J connectivity index is 1.45. The fourth-order valence-electron chi connectivity index (χ4n) is 2.49. The van der Waals surface area contributed by atoms with Crippen LogP contribution >= 0.6 is 11.3 Å². The third kappa shape index (κ3) is 5.61. The highest BCUT2D eigenvalue weighted by molar-refractivity contribution is 7.13. The molecule has 0 atom stereocenters. The van der Waals surface area contributed by atoms with Gasteiger partial charge in [0.25, 0.3) is 5.91 Å². The number of ether oxygens (including phenoxy) is 1. The fraction of sp³-hybridized carbons (Fsp3) is 0.316. The number of hydrogen-bond acceptors (Lipinski definition) is 8. The van der Waals surface area contributed by atoms with Gasteiger partial charge in [-0.05, 0) is 34.4 Å². The molecule has 29 heavy (non-hydrogen) atoms. The third-order valence-electron chi connectivity index (χ3n) is 4.12. The number of anilines is 1. The first-order valence-corrected chi connectivity index (χ1v) is 9.78. The van der Waals surface area contributed by atoms with Gasteiger partial charge in [-0.2, -0.15) is 4.80 Å². The molecule has 152 valence electrons. The van der Waals surface area contributed by atoms with Crippen LogP contribution < -0.4 is 4.90 Å². The van der Waals surface area contributed by atoms with Gasteiger partial charge in [0, 0.05) is 33.4 Å². The van der Waals surface area contributed by atoms with Crippen molar-refractivity contribution < 1.29 is 14.3 Å². The Bertz CT molecular complexity index is 953. The Hall–Kier alpha value is -3.27. The number of aromatic nitrogens is 4. The van der Waals surface area contributed by atoms with Gasteiger partial charge in [0.05, 0.1) is 4.88 Å². The maximum Gasteiger partial charge on any atom is 0.330 e. The average Bonchev–Trinajstić information content (AvgIpc) is 3.38. The van der Waals surface area contributed by atoms with Crippen LogP contribution in [-0.4, -0.2) is 64.7 Å². The van der Waals surface area contributed by atoms with E-state index in [0.717, 1.165) is 20.9 Å². The molecular weight excluding hydrogens is 392 g/mol. The van der Waals surface area contributed by atoms with Crippen LogP contribution in [0.25, 0.3) is 10.7 Å². The molecular formula is C19H22N6O3S. The van der Waals surface area contributed by atoms with Crippen LogP contribution in [0.1, 0.15) is 5.56 Å². The second-order valence-electron chi connectivity index (χ2n) is 6.59. The standard InChI is InChI=1S/C19H22N6O3S/c1-23(2)15-8-6-14(7-9-15)11-24(3)17(26)13-28-18(27)12-25-21-19(20-22-25)16-5-4-10-29-16/h4-10H,11-13H2,1-3H3. The molecule has 1 amide bonds. The van der Waals surface area contributed by atoms with E-state index in [9.17, 15) is 9.59 Å². The highest BCUT2D eigenvalue weighted by Gasteiger charge is 2.15. The van der Waals surface area contributed by atoms with E-state index in [0.29, 0.717) is 12.4 Å². The lowest BCUT2D eigenvalue weighted by Gasteiger charge is -2.18. The van der Waals surface area contributed by atoms with E-state index in [1.807, 2.05) is 60.8 Å². The van der Waals surface area contributed by atoms with E-state index in [4.69, 9.17) is 4.74 Å². The highest BCUT2D eigenvalue weighted by atomic mass is 32.1. The number of rotatable bonds is 8. The van der Waals surface area contributed by atoms with E-state index < -0.39 is 5.97 Å². The van der Waals surface area contributed by atoms with Gasteiger partial charge >= 0.3 is 5.97 Å². The van der Waals surface area contributed by atoms with E-state index in [1.165, 1.54) is 16.2 Å². The van der Waals surface area contributed by atoms with Gasteiger partial charge in [0.2, 0.25) is 5.82 Å². The zero-order valence-electron chi connectivity index (χ0n) is 16.5. The van der Waals surface area contributed by atoms with Crippen molar-refractivity contribution in [3.63, 3.8) is 0 Å². The van der Waals surface area contributed by atoms with Crippen LogP contribution in [0.2, 0.25) is 0 Å². The summed E-state index contributed by atoms with van der Waals surface area (Å²) in [6.07, 6.45) is 0. The first-order valence-electron chi connectivity index (χ1n) is 8.90. The molecule has 0 saturated heterocycles. The van der Waals surface area contributed by atoms with Crippen molar-refractivity contribution in [2.75, 3.05) is 32.6 Å². The number of likely N-dealkylation sites (N-methyl/N-ethyl adjacent to an activating group) is 1. The predicted molar refractivity (Wildman–Crippen MR) is 109 cm³/mol. The normalized spacial score (nSPS) is 10.6. The minimum Gasteiger partial charge on any atom is -0.454 e. The summed E-state index contributed by atoms with van der Waals surface area (Å²) in [4.78, 5) is 29.7. The number of amides is 1. The number of thiophene rings is 1. The van der Waals surface area contributed by atoms with E-state index in [2.05, 4.69) is 15.4 Å². The number of benzene rings is 1. The lowest BCUT2D eigenvalue weighted by atomic mass is 10.2. The SMILES string of the molecule is CN(Cc1ccc(N(C)C)cc1)C(=O)COC(=O)Cn1nnc(-c2cccs2)n1. The van der Waals surface area contributed by atoms with Gasteiger partial charge in [0.1, 0.15) is 0 Å². The molecule has 0 bridgehead atoms. The first-order chi connectivity index (χ1) is 13.9. The molecule has 3 aromatic rings. The number of carbonyl (C=O) groups is 2. The van der Waals surface area contributed by atoms with Gasteiger partial charge in [-0.15, -0.1) is 21.5 Å². The Kier molecular flexibility index (Phi) is 6.55. The lowest BCUT2D eigenvalue weighted by molar-refractivity contribution is -0.152. The van der Waals surface area contributed by atoms with Gasteiger partial charge in [0.15, 0.2) is 13.2 Å². The molecule has 0 radical (unpaired) electrons. The summed E-state index contributed by atoms with van der Waals surface area (Å²) in [6, 6.07) is 11.7. The summed E-state index contributed by atoms with van der Waals surface area (Å²) in [5, 5.41) is 13.8. The zero-order chi connectivity index (χ0) is 20.8. The quantitative estimate of drug-likeness (QED) is 0.518. The Morgan fingerprint density at radius 2 is 1.90 bits per heavy atom. The van der Waals surface area contributed by atoms with Crippen molar-refractivity contribution in [1.82, 2.24) is 25.1 Å². The average molecular weight is 414 g/mol. The van der Waals surface area contributed by atoms with Crippen LogP contribution in [0.5, 0.6) is 0 Å². The summed E-state index contributed by atoms with van der Waals surface area (Å²) in [7, 11) is 5.61. The maximum absolute atomic E-state index is 12.2. The number of carbonyl (C=O) groups excluding carboxylic acids is 2. The molecule has 10 heteroatoms. The zero-order valence-corrected chi connectivity index (χ0v) is 17.3. The summed E-state index contributed by atoms with van der Waals surface area (Å²) in [5.41, 5.74) is 2.08. The van der Waals surface area contributed by atoms with Crippen LogP contribution in [0.15, 0.2) is 41.8 Å². The van der Waals surface area contributed by atoms with Crippen LogP contribution in [0.4, 0.5) is 5.69 Å². The molecule has 0 fully saturated rings. The van der Waals surface area contributed by atoms with E-state index >= 15 is 0 Å². The molecule has 0 aliphatic rings. The first kappa shape index (κ1) is 20.5. The molecule has 3 rings (SSSR count). The van der Waals surface area contributed by atoms with Gasteiger partial charge in [-0.3, -0.25) is 4.79 Å². The number of nitrogens with zero attached hydrogens (tertiary/aromatic N) is 6. The van der Waals surface area contributed by atoms with Crippen molar-refractivity contribution in [3.8, 4) is 10.7 Å². The molecule has 9 nitrogen and oxygen atoms in total. The molecule has 0 saturated carbocycles. The third-order valence-corrected chi connectivity index (χ3v) is 4.99. The largest absolute Gasteiger partial charge is 0.454 e. The highest BCUT2D eigenvalue weighted by Crippen LogP contribution is 2.19. The lowest BCUT2D eigenvalue weighted by Crippen LogP contribution is -2.31. The van der Waals surface area contributed by atoms with Crippen molar-refractivity contribution in [2.24, 2.45) is 0 Å². The molecule has 0 spiro atoms. The van der Waals surface area contributed by atoms with Crippen LogP contribution in [0, 0.1) is 0 Å². The number of esters is 1. The Labute approximate surface area is 172 Å². The fourth-order valence-corrected chi connectivity index (χ4v) is 3.14. The molecule has 1 aromatic carbocycles. The molecule has 2 heterocycles. The van der Waals surface area contributed by atoms with Crippen molar-refractivity contribution in [1.29, 1.82) is 0 Å². The Morgan fingerprint density at radius 3 is 2.55 bits per heavy atom. The second-order valence-corrected chi connectivity index (χ2v) is 7.54. The smallest absolute Gasteiger partial charge is 0.330 e. The van der Waals surface area contributed by atoms with Gasteiger partial charge in [-0.1, -0.05) is 18.2 Å². The second kappa shape index (κ2) is 9.28. The minimum atomic E-state index is -0.600. The summed E-state index contributed by atoms with van der Waals surface area (Å²) >= 11 is 1.48. The van der Waals surface area contributed by atoms with Crippen LogP contribution in [0.3, 0.4) is 0 Å². The molecule has 0 aliphatic carbocycles. The topological polar surface area (TPSA) is 93.5 Å². The number of hydrogen-bond donors (Lipinski definition) is 0. The van der Waals surface area contributed by atoms with E-state index in [1.54, 1.807) is 7.05 Å². The Morgan fingerprint density at radius 1 is 1.14 bits per heavy atom. The maximum atomic E-state index is 12.2. The van der Waals surface area contributed by atoms with Crippen LogP contribution in [-0.2, 0) is 27.4 Å². The number of tetrazole rings is 1. The summed E-state index contributed by atoms with van der Waals surface area (Å²) in [5.74, 6) is -0.443. The van der Waals surface area contributed by atoms with Crippen molar-refractivity contribution in [2.45, 2.75) is 13.1 Å². The molecule has 0 unspecified atom stereocenters. The van der Waals surface area contributed by atoms with Crippen molar-refractivity contribution in [3.05, 3.63) is 47.3 Å². The predicted octanol–water partition coefficient (Wildman–Crippen LogP) is 1.67. The van der Waals surface area contributed by atoms with Gasteiger partial charge < -0.3 is 14.5 Å². The summed E-state index contributed by atoms with van der Waals surface area (Å²) < 4.78 is 5.05. The minimum absolute atomic E-state index is 0.207. The monoisotopic (exact) mass is 414 g/mol. The molecule has 2 aromatic heterocycles. The van der Waals surface area contributed by atoms with E-state index in [-0.39, 0.29) is 19.1 Å². The van der Waals surface area contributed by atoms with Gasteiger partial charge in [-0.25, -0.2) is 4.79 Å².